The first-order valence-electron chi connectivity index (χ1n) is 6.75. The maximum absolute atomic E-state index is 12.1. The summed E-state index contributed by atoms with van der Waals surface area (Å²) in [4.78, 5) is 25.5. The fraction of sp³-hybridized carbons (Fsp3) is 0.786. The van der Waals surface area contributed by atoms with Gasteiger partial charge in [0.2, 0.25) is 11.8 Å². The largest absolute Gasteiger partial charge is 0.274 e. The van der Waals surface area contributed by atoms with Crippen LogP contribution in [0.3, 0.4) is 0 Å². The molecule has 0 unspecified atom stereocenters. The molecule has 0 atom stereocenters. The minimum Gasteiger partial charge on any atom is -0.274 e. The molecule has 4 nitrogen and oxygen atoms in total. The summed E-state index contributed by atoms with van der Waals surface area (Å²) < 4.78 is 0. The van der Waals surface area contributed by atoms with Crippen molar-refractivity contribution in [3.05, 3.63) is 0 Å². The van der Waals surface area contributed by atoms with E-state index in [4.69, 9.17) is 0 Å². The molecule has 0 radical (unpaired) electrons. The fourth-order valence-electron chi connectivity index (χ4n) is 3.09. The van der Waals surface area contributed by atoms with Crippen molar-refractivity contribution in [2.24, 2.45) is 11.8 Å². The summed E-state index contributed by atoms with van der Waals surface area (Å²) in [6.45, 7) is 4.07. The van der Waals surface area contributed by atoms with Crippen LogP contribution in [0.5, 0.6) is 0 Å². The summed E-state index contributed by atoms with van der Waals surface area (Å²) in [6, 6.07) is 2.27. The lowest BCUT2D eigenvalue weighted by Gasteiger charge is -2.43. The zero-order valence-corrected chi connectivity index (χ0v) is 11.1. The molecule has 0 aromatic heterocycles. The van der Waals surface area contributed by atoms with Gasteiger partial charge in [-0.1, -0.05) is 13.8 Å². The van der Waals surface area contributed by atoms with Gasteiger partial charge in [-0.3, -0.25) is 14.5 Å². The first kappa shape index (κ1) is 13.1. The Bertz CT molecular complexity index is 385. The van der Waals surface area contributed by atoms with E-state index in [2.05, 4.69) is 13.0 Å². The van der Waals surface area contributed by atoms with Gasteiger partial charge in [0, 0.05) is 12.8 Å². The van der Waals surface area contributed by atoms with E-state index in [9.17, 15) is 14.9 Å². The van der Waals surface area contributed by atoms with E-state index >= 15 is 0 Å². The molecule has 0 spiro atoms. The molecule has 18 heavy (non-hydrogen) atoms. The molecule has 0 bridgehead atoms. The number of nitriles is 1. The summed E-state index contributed by atoms with van der Waals surface area (Å²) >= 11 is 0. The Hall–Kier alpha value is -1.37. The number of piperidine rings is 1. The van der Waals surface area contributed by atoms with Crippen LogP contribution in [-0.4, -0.2) is 22.3 Å². The minimum absolute atomic E-state index is 0.111. The zero-order chi connectivity index (χ0) is 13.3. The van der Waals surface area contributed by atoms with E-state index in [0.717, 1.165) is 12.8 Å². The van der Waals surface area contributed by atoms with E-state index in [1.165, 1.54) is 4.90 Å². The van der Waals surface area contributed by atoms with Crippen LogP contribution in [0.4, 0.5) is 0 Å². The summed E-state index contributed by atoms with van der Waals surface area (Å²) in [5, 5.41) is 9.49. The van der Waals surface area contributed by atoms with Gasteiger partial charge in [-0.05, 0) is 37.5 Å². The van der Waals surface area contributed by atoms with Crippen molar-refractivity contribution in [1.29, 1.82) is 5.26 Å². The zero-order valence-electron chi connectivity index (χ0n) is 11.1. The van der Waals surface area contributed by atoms with E-state index in [1.54, 1.807) is 0 Å². The third-order valence-corrected chi connectivity index (χ3v) is 4.28. The molecule has 2 rings (SSSR count). The second-order valence-corrected chi connectivity index (χ2v) is 5.96. The molecule has 4 heteroatoms. The molecule has 1 saturated heterocycles. The molecule has 0 aromatic rings. The van der Waals surface area contributed by atoms with Gasteiger partial charge in [0.25, 0.3) is 0 Å². The summed E-state index contributed by atoms with van der Waals surface area (Å²) in [5.74, 6) is 0.379. The third-order valence-electron chi connectivity index (χ3n) is 4.28. The highest BCUT2D eigenvalue weighted by atomic mass is 16.2. The molecular weight excluding hydrogens is 228 g/mol. The van der Waals surface area contributed by atoms with Crippen LogP contribution < -0.4 is 0 Å². The number of carbonyl (C=O) groups excluding carboxylic acids is 2. The van der Waals surface area contributed by atoms with Gasteiger partial charge in [0.05, 0.1) is 6.07 Å². The van der Waals surface area contributed by atoms with Crippen molar-refractivity contribution in [2.75, 3.05) is 0 Å². The molecule has 0 aromatic carbocycles. The van der Waals surface area contributed by atoms with Crippen LogP contribution in [0.15, 0.2) is 0 Å². The average Bonchev–Trinajstić information content (AvgIpc) is 2.30. The predicted octanol–water partition coefficient (Wildman–Crippen LogP) is 2.24. The van der Waals surface area contributed by atoms with Gasteiger partial charge in [-0.15, -0.1) is 0 Å². The van der Waals surface area contributed by atoms with Crippen molar-refractivity contribution in [1.82, 2.24) is 4.90 Å². The van der Waals surface area contributed by atoms with Crippen LogP contribution in [0, 0.1) is 23.2 Å². The molecule has 1 aliphatic heterocycles. The molecule has 1 saturated carbocycles. The Labute approximate surface area is 108 Å². The number of likely N-dealkylation sites (tertiary alicyclic amines) is 1. The van der Waals surface area contributed by atoms with Crippen LogP contribution in [0.1, 0.15) is 52.4 Å². The molecule has 2 amide bonds. The average molecular weight is 248 g/mol. The molecule has 98 valence electrons. The van der Waals surface area contributed by atoms with Crippen molar-refractivity contribution < 1.29 is 9.59 Å². The molecule has 0 N–H and O–H groups in total. The van der Waals surface area contributed by atoms with E-state index < -0.39 is 5.54 Å². The molecular formula is C14H20N2O2. The van der Waals surface area contributed by atoms with Crippen LogP contribution in [0.25, 0.3) is 0 Å². The summed E-state index contributed by atoms with van der Waals surface area (Å²) in [7, 11) is 0. The maximum atomic E-state index is 12.1. The topological polar surface area (TPSA) is 61.2 Å². The Morgan fingerprint density at radius 1 is 1.11 bits per heavy atom. The Morgan fingerprint density at radius 3 is 2.06 bits per heavy atom. The van der Waals surface area contributed by atoms with Gasteiger partial charge >= 0.3 is 0 Å². The van der Waals surface area contributed by atoms with Gasteiger partial charge in [-0.25, -0.2) is 0 Å². The lowest BCUT2D eigenvalue weighted by molar-refractivity contribution is -0.156. The number of imide groups is 1. The van der Waals surface area contributed by atoms with Gasteiger partial charge in [0.1, 0.15) is 5.54 Å². The van der Waals surface area contributed by atoms with Gasteiger partial charge < -0.3 is 0 Å². The molecule has 2 aliphatic rings. The highest BCUT2D eigenvalue weighted by molar-refractivity contribution is 5.99. The summed E-state index contributed by atoms with van der Waals surface area (Å²) in [5.41, 5.74) is -0.860. The van der Waals surface area contributed by atoms with Crippen LogP contribution in [0.2, 0.25) is 0 Å². The second kappa shape index (κ2) is 4.72. The molecule has 1 aliphatic carbocycles. The first-order valence-corrected chi connectivity index (χ1v) is 6.75. The number of nitrogens with zero attached hydrogens (tertiary/aromatic N) is 2. The number of carbonyl (C=O) groups is 2. The fourth-order valence-corrected chi connectivity index (χ4v) is 3.09. The number of hydrogen-bond donors (Lipinski definition) is 0. The normalized spacial score (nSPS) is 34.5. The quantitative estimate of drug-likeness (QED) is 0.669. The Kier molecular flexibility index (Phi) is 3.43. The highest BCUT2D eigenvalue weighted by Crippen LogP contribution is 2.38. The van der Waals surface area contributed by atoms with E-state index in [0.29, 0.717) is 31.6 Å². The first-order chi connectivity index (χ1) is 8.48. The van der Waals surface area contributed by atoms with Gasteiger partial charge in [-0.2, -0.15) is 5.26 Å². The van der Waals surface area contributed by atoms with Crippen LogP contribution >= 0.6 is 0 Å². The van der Waals surface area contributed by atoms with Crippen molar-refractivity contribution in [2.45, 2.75) is 57.9 Å². The highest BCUT2D eigenvalue weighted by Gasteiger charge is 2.47. The Morgan fingerprint density at radius 2 is 1.61 bits per heavy atom. The number of amides is 2. The van der Waals surface area contributed by atoms with Crippen molar-refractivity contribution in [3.63, 3.8) is 0 Å². The third kappa shape index (κ3) is 2.14. The Balaban J connectivity index is 2.25. The SMILES string of the molecule is CC1CCC(C#N)(N2C(=O)CC(C)CC2=O)CC1. The molecule has 2 fully saturated rings. The predicted molar refractivity (Wildman–Crippen MR) is 66.2 cm³/mol. The lowest BCUT2D eigenvalue weighted by Crippen LogP contribution is -2.58. The van der Waals surface area contributed by atoms with Crippen LogP contribution in [-0.2, 0) is 9.59 Å². The number of hydrogen-bond acceptors (Lipinski definition) is 3. The van der Waals surface area contributed by atoms with E-state index in [-0.39, 0.29) is 17.7 Å². The van der Waals surface area contributed by atoms with Crippen molar-refractivity contribution in [3.8, 4) is 6.07 Å². The molecule has 1 heterocycles. The van der Waals surface area contributed by atoms with Crippen molar-refractivity contribution >= 4 is 11.8 Å². The summed E-state index contributed by atoms with van der Waals surface area (Å²) in [6.07, 6.45) is 3.89. The monoisotopic (exact) mass is 248 g/mol. The lowest BCUT2D eigenvalue weighted by atomic mass is 9.75. The minimum atomic E-state index is -0.860. The smallest absolute Gasteiger partial charge is 0.230 e. The number of rotatable bonds is 1. The standard InChI is InChI=1S/C14H20N2O2/c1-10-3-5-14(9-15,6-4-10)16-12(17)7-11(2)8-13(16)18/h10-11H,3-8H2,1-2H3. The second-order valence-electron chi connectivity index (χ2n) is 5.96. The maximum Gasteiger partial charge on any atom is 0.230 e. The van der Waals surface area contributed by atoms with Gasteiger partial charge in [0.15, 0.2) is 0 Å². The van der Waals surface area contributed by atoms with E-state index in [1.807, 2.05) is 6.92 Å².